The van der Waals surface area contributed by atoms with Crippen molar-refractivity contribution in [3.8, 4) is 0 Å². The Morgan fingerprint density at radius 1 is 1.08 bits per heavy atom. The van der Waals surface area contributed by atoms with Crippen molar-refractivity contribution in [2.24, 2.45) is 10.4 Å². The molecule has 5 heteroatoms. The van der Waals surface area contributed by atoms with Crippen LogP contribution in [-0.4, -0.2) is 25.7 Å². The van der Waals surface area contributed by atoms with E-state index in [0.29, 0.717) is 6.54 Å². The summed E-state index contributed by atoms with van der Waals surface area (Å²) in [7, 11) is 0. The predicted octanol–water partition coefficient (Wildman–Crippen LogP) is 4.21. The number of aryl methyl sites for hydroxylation is 1. The Labute approximate surface area is 167 Å². The summed E-state index contributed by atoms with van der Waals surface area (Å²) in [5.41, 5.74) is 3.69. The topological polar surface area (TPSA) is 45.7 Å². The average Bonchev–Trinajstić information content (AvgIpc) is 2.58. The first kappa shape index (κ1) is 19.7. The van der Waals surface area contributed by atoms with Crippen LogP contribution in [0.5, 0.6) is 0 Å². The summed E-state index contributed by atoms with van der Waals surface area (Å²) in [5.74, 6) is 0.801. The van der Waals surface area contributed by atoms with E-state index in [9.17, 15) is 0 Å². The molecule has 0 saturated carbocycles. The van der Waals surface area contributed by atoms with Gasteiger partial charge >= 0.3 is 0 Å². The summed E-state index contributed by atoms with van der Waals surface area (Å²) in [6, 6.07) is 18.6. The molecule has 4 nitrogen and oxygen atoms in total. The van der Waals surface area contributed by atoms with Gasteiger partial charge in [-0.1, -0.05) is 55.0 Å². The number of nitrogens with one attached hydrogen (secondary N) is 2. The second-order valence-corrected chi connectivity index (χ2v) is 6.80. The van der Waals surface area contributed by atoms with Crippen LogP contribution in [0.3, 0.4) is 0 Å². The number of hydrogen-bond donors (Lipinski definition) is 2. The van der Waals surface area contributed by atoms with Crippen molar-refractivity contribution >= 4 is 35.6 Å². The molecule has 0 unspecified atom stereocenters. The first-order chi connectivity index (χ1) is 11.6. The number of ether oxygens (including phenoxy) is 1. The molecule has 0 amide bonds. The number of guanidine groups is 1. The molecular weight excluding hydrogens is 425 g/mol. The number of nitrogens with zero attached hydrogens (tertiary/aromatic N) is 1. The van der Waals surface area contributed by atoms with Gasteiger partial charge < -0.3 is 15.4 Å². The third-order valence-corrected chi connectivity index (χ3v) is 4.16. The van der Waals surface area contributed by atoms with Crippen LogP contribution in [0.4, 0.5) is 5.69 Å². The molecule has 1 aliphatic heterocycles. The Morgan fingerprint density at radius 2 is 1.76 bits per heavy atom. The summed E-state index contributed by atoms with van der Waals surface area (Å²) in [5, 5.41) is 6.83. The van der Waals surface area contributed by atoms with E-state index in [4.69, 9.17) is 9.73 Å². The van der Waals surface area contributed by atoms with Crippen molar-refractivity contribution < 1.29 is 4.74 Å². The molecule has 0 aliphatic carbocycles. The van der Waals surface area contributed by atoms with Crippen molar-refractivity contribution in [2.75, 3.05) is 25.1 Å². The van der Waals surface area contributed by atoms with E-state index in [1.165, 1.54) is 11.1 Å². The van der Waals surface area contributed by atoms with Gasteiger partial charge in [-0.2, -0.15) is 0 Å². The van der Waals surface area contributed by atoms with Crippen LogP contribution in [0.1, 0.15) is 18.1 Å². The lowest BCUT2D eigenvalue weighted by molar-refractivity contribution is -0.0970. The van der Waals surface area contributed by atoms with Gasteiger partial charge in [0.15, 0.2) is 5.96 Å². The monoisotopic (exact) mass is 451 g/mol. The highest BCUT2D eigenvalue weighted by molar-refractivity contribution is 14.0. The highest BCUT2D eigenvalue weighted by atomic mass is 127. The van der Waals surface area contributed by atoms with Gasteiger partial charge in [0.1, 0.15) is 0 Å². The Balaban J connectivity index is 0.00000225. The van der Waals surface area contributed by atoms with Gasteiger partial charge in [0, 0.05) is 17.6 Å². The molecule has 25 heavy (non-hydrogen) atoms. The molecule has 1 saturated heterocycles. The largest absolute Gasteiger partial charge is 0.380 e. The summed E-state index contributed by atoms with van der Waals surface area (Å²) >= 11 is 0. The molecule has 0 atom stereocenters. The van der Waals surface area contributed by atoms with E-state index in [1.807, 2.05) is 30.3 Å². The molecule has 2 N–H and O–H groups in total. The van der Waals surface area contributed by atoms with Gasteiger partial charge in [0.05, 0.1) is 19.8 Å². The van der Waals surface area contributed by atoms with Gasteiger partial charge in [-0.05, 0) is 24.6 Å². The summed E-state index contributed by atoms with van der Waals surface area (Å²) in [4.78, 5) is 4.73. The van der Waals surface area contributed by atoms with Crippen molar-refractivity contribution in [3.63, 3.8) is 0 Å². The Bertz CT molecular complexity index is 682. The van der Waals surface area contributed by atoms with Crippen LogP contribution >= 0.6 is 24.0 Å². The molecule has 0 radical (unpaired) electrons. The first-order valence-electron chi connectivity index (χ1n) is 8.37. The minimum atomic E-state index is 0. The highest BCUT2D eigenvalue weighted by Crippen LogP contribution is 2.25. The van der Waals surface area contributed by atoms with E-state index in [-0.39, 0.29) is 29.4 Å². The van der Waals surface area contributed by atoms with Crippen LogP contribution in [0.25, 0.3) is 0 Å². The zero-order chi connectivity index (χ0) is 16.8. The van der Waals surface area contributed by atoms with Gasteiger partial charge in [-0.25, -0.2) is 4.99 Å². The third-order valence-electron chi connectivity index (χ3n) is 4.16. The molecule has 1 heterocycles. The molecular formula is C20H26IN3O. The van der Waals surface area contributed by atoms with E-state index in [1.54, 1.807) is 0 Å². The molecule has 1 fully saturated rings. The standard InChI is InChI=1S/C20H25N3O.HI/c1-16-8-10-17(11-9-16)12-21-19(22-13-20(2)14-24-15-20)23-18-6-4-3-5-7-18;/h3-11H,12-15H2,1-2H3,(H2,21,22,23);1H. The normalized spacial score (nSPS) is 15.7. The quantitative estimate of drug-likeness (QED) is 0.407. The summed E-state index contributed by atoms with van der Waals surface area (Å²) in [6.07, 6.45) is 0. The van der Waals surface area contributed by atoms with Crippen molar-refractivity contribution in [1.29, 1.82) is 0 Å². The van der Waals surface area contributed by atoms with E-state index < -0.39 is 0 Å². The first-order valence-corrected chi connectivity index (χ1v) is 8.37. The molecule has 134 valence electrons. The fourth-order valence-corrected chi connectivity index (χ4v) is 2.51. The van der Waals surface area contributed by atoms with Gasteiger partial charge in [0.2, 0.25) is 0 Å². The predicted molar refractivity (Wildman–Crippen MR) is 115 cm³/mol. The Morgan fingerprint density at radius 3 is 2.36 bits per heavy atom. The van der Waals surface area contributed by atoms with Crippen LogP contribution in [0, 0.1) is 12.3 Å². The van der Waals surface area contributed by atoms with Crippen LogP contribution < -0.4 is 10.6 Å². The van der Waals surface area contributed by atoms with Gasteiger partial charge in [-0.3, -0.25) is 0 Å². The number of aliphatic imine (C=N–C) groups is 1. The molecule has 0 spiro atoms. The molecule has 2 aromatic carbocycles. The zero-order valence-corrected chi connectivity index (χ0v) is 17.1. The fourth-order valence-electron chi connectivity index (χ4n) is 2.51. The molecule has 0 bridgehead atoms. The zero-order valence-electron chi connectivity index (χ0n) is 14.8. The maximum Gasteiger partial charge on any atom is 0.196 e. The van der Waals surface area contributed by atoms with Gasteiger partial charge in [0.25, 0.3) is 0 Å². The van der Waals surface area contributed by atoms with Crippen molar-refractivity contribution in [1.82, 2.24) is 5.32 Å². The lowest BCUT2D eigenvalue weighted by Crippen LogP contribution is -2.49. The number of rotatable bonds is 5. The van der Waals surface area contributed by atoms with Crippen LogP contribution in [0.15, 0.2) is 59.6 Å². The molecule has 1 aliphatic rings. The lowest BCUT2D eigenvalue weighted by atomic mass is 9.89. The molecule has 2 aromatic rings. The Kier molecular flexibility index (Phi) is 7.25. The lowest BCUT2D eigenvalue weighted by Gasteiger charge is -2.38. The SMILES string of the molecule is Cc1ccc(CN=C(NCC2(C)COC2)Nc2ccccc2)cc1.I. The number of hydrogen-bond acceptors (Lipinski definition) is 2. The average molecular weight is 451 g/mol. The van der Waals surface area contributed by atoms with E-state index in [2.05, 4.69) is 48.7 Å². The number of halogens is 1. The summed E-state index contributed by atoms with van der Waals surface area (Å²) < 4.78 is 5.33. The van der Waals surface area contributed by atoms with Crippen LogP contribution in [-0.2, 0) is 11.3 Å². The summed E-state index contributed by atoms with van der Waals surface area (Å²) in [6.45, 7) is 7.42. The molecule has 0 aromatic heterocycles. The van der Waals surface area contributed by atoms with Crippen molar-refractivity contribution in [2.45, 2.75) is 20.4 Å². The highest BCUT2D eigenvalue weighted by Gasteiger charge is 2.33. The maximum atomic E-state index is 5.33. The van der Waals surface area contributed by atoms with Gasteiger partial charge in [-0.15, -0.1) is 24.0 Å². The Hall–Kier alpha value is -1.60. The van der Waals surface area contributed by atoms with E-state index in [0.717, 1.165) is 31.4 Å². The fraction of sp³-hybridized carbons (Fsp3) is 0.350. The maximum absolute atomic E-state index is 5.33. The minimum Gasteiger partial charge on any atom is -0.380 e. The smallest absolute Gasteiger partial charge is 0.196 e. The number of benzene rings is 2. The second kappa shape index (κ2) is 9.20. The minimum absolute atomic E-state index is 0. The van der Waals surface area contributed by atoms with Crippen molar-refractivity contribution in [3.05, 3.63) is 65.7 Å². The second-order valence-electron chi connectivity index (χ2n) is 6.80. The number of para-hydroxylation sites is 1. The number of anilines is 1. The van der Waals surface area contributed by atoms with E-state index >= 15 is 0 Å². The molecule has 3 rings (SSSR count). The third kappa shape index (κ3) is 6.01. The van der Waals surface area contributed by atoms with Crippen LogP contribution in [0.2, 0.25) is 0 Å².